The zero-order valence-corrected chi connectivity index (χ0v) is 20.2. The smallest absolute Gasteiger partial charge is 0.221 e. The van der Waals surface area contributed by atoms with Gasteiger partial charge in [-0.1, -0.05) is 36.4 Å². The molecule has 0 atom stereocenters. The van der Waals surface area contributed by atoms with E-state index >= 15 is 0 Å². The molecule has 2 aromatic carbocycles. The van der Waals surface area contributed by atoms with Crippen LogP contribution in [-0.2, 0) is 0 Å². The first-order valence-corrected chi connectivity index (χ1v) is 11.8. The van der Waals surface area contributed by atoms with E-state index in [1.807, 2.05) is 30.4 Å². The van der Waals surface area contributed by atoms with E-state index in [4.69, 9.17) is 5.73 Å². The topological polar surface area (TPSA) is 58.3 Å². The summed E-state index contributed by atoms with van der Waals surface area (Å²) in [7, 11) is 0. The van der Waals surface area contributed by atoms with E-state index in [1.54, 1.807) is 0 Å². The minimum Gasteiger partial charge on any atom is -0.372 e. The van der Waals surface area contributed by atoms with Crippen LogP contribution < -0.4 is 15.5 Å². The fourth-order valence-electron chi connectivity index (χ4n) is 3.81. The van der Waals surface area contributed by atoms with Gasteiger partial charge < -0.3 is 15.5 Å². The van der Waals surface area contributed by atoms with Crippen molar-refractivity contribution in [2.24, 2.45) is 0 Å². The predicted octanol–water partition coefficient (Wildman–Crippen LogP) is 6.09. The van der Waals surface area contributed by atoms with Crippen molar-refractivity contribution >= 4 is 41.6 Å². The second-order valence-electron chi connectivity index (χ2n) is 7.77. The highest BCUT2D eigenvalue weighted by atomic mass is 15.1. The number of hydrogen-bond donors (Lipinski definition) is 1. The molecule has 0 bridgehead atoms. The molecule has 33 heavy (non-hydrogen) atoms. The van der Waals surface area contributed by atoms with Gasteiger partial charge in [0.25, 0.3) is 0 Å². The second-order valence-corrected chi connectivity index (χ2v) is 7.77. The van der Waals surface area contributed by atoms with E-state index < -0.39 is 0 Å². The molecule has 0 aliphatic heterocycles. The van der Waals surface area contributed by atoms with Crippen LogP contribution in [0.1, 0.15) is 50.2 Å². The number of benzene rings is 2. The Hall–Kier alpha value is -3.60. The molecular weight excluding hydrogens is 406 g/mol. The fraction of sp³-hybridized carbons (Fsp3) is 0.286. The quantitative estimate of drug-likeness (QED) is 0.412. The van der Waals surface area contributed by atoms with Gasteiger partial charge in [-0.3, -0.25) is 0 Å². The van der Waals surface area contributed by atoms with Crippen LogP contribution in [0.25, 0.3) is 24.3 Å². The van der Waals surface area contributed by atoms with E-state index in [2.05, 4.69) is 96.0 Å². The van der Waals surface area contributed by atoms with Gasteiger partial charge in [0.05, 0.1) is 11.4 Å². The summed E-state index contributed by atoms with van der Waals surface area (Å²) in [6.45, 7) is 12.7. The molecular formula is C28H35N5. The molecule has 0 aliphatic rings. The van der Waals surface area contributed by atoms with Gasteiger partial charge >= 0.3 is 0 Å². The van der Waals surface area contributed by atoms with Crippen molar-refractivity contribution in [3.63, 3.8) is 0 Å². The number of hydrogen-bond acceptors (Lipinski definition) is 5. The third-order valence-corrected chi connectivity index (χ3v) is 5.72. The van der Waals surface area contributed by atoms with Crippen LogP contribution in [0.5, 0.6) is 0 Å². The lowest BCUT2D eigenvalue weighted by atomic mass is 10.1. The molecule has 5 heteroatoms. The summed E-state index contributed by atoms with van der Waals surface area (Å²) >= 11 is 0. The van der Waals surface area contributed by atoms with E-state index in [1.165, 1.54) is 11.4 Å². The third-order valence-electron chi connectivity index (χ3n) is 5.72. The maximum atomic E-state index is 5.96. The standard InChI is InChI=1S/C28H35N5/c1-5-32(6-2)26-17-11-22(12-18-26)9-15-24-21-25(31-28(29)30-24)16-10-23-13-19-27(20-14-23)33(7-3)8-4/h9-21H,5-8H2,1-4H3,(H2,29,30,31)/b15-9+,16-10+. The van der Waals surface area contributed by atoms with Crippen LogP contribution in [0.4, 0.5) is 17.3 Å². The normalized spacial score (nSPS) is 11.4. The van der Waals surface area contributed by atoms with E-state index in [-0.39, 0.29) is 5.95 Å². The van der Waals surface area contributed by atoms with Crippen LogP contribution >= 0.6 is 0 Å². The van der Waals surface area contributed by atoms with Crippen molar-refractivity contribution in [1.82, 2.24) is 9.97 Å². The zero-order chi connectivity index (χ0) is 23.6. The van der Waals surface area contributed by atoms with Crippen molar-refractivity contribution in [2.75, 3.05) is 41.7 Å². The third kappa shape index (κ3) is 6.69. The van der Waals surface area contributed by atoms with Gasteiger partial charge in [-0.05, 0) is 81.3 Å². The van der Waals surface area contributed by atoms with E-state index in [0.29, 0.717) is 0 Å². The van der Waals surface area contributed by atoms with Crippen LogP contribution in [0.15, 0.2) is 54.6 Å². The van der Waals surface area contributed by atoms with Gasteiger partial charge in [0.2, 0.25) is 5.95 Å². The highest BCUT2D eigenvalue weighted by Gasteiger charge is 2.02. The Kier molecular flexibility index (Phi) is 8.64. The molecule has 3 rings (SSSR count). The summed E-state index contributed by atoms with van der Waals surface area (Å²) in [6.07, 6.45) is 8.04. The minimum absolute atomic E-state index is 0.269. The van der Waals surface area contributed by atoms with E-state index in [9.17, 15) is 0 Å². The molecule has 1 heterocycles. The molecule has 0 saturated heterocycles. The summed E-state index contributed by atoms with van der Waals surface area (Å²) in [5.74, 6) is 0.269. The summed E-state index contributed by atoms with van der Waals surface area (Å²) in [6, 6.07) is 19.0. The zero-order valence-electron chi connectivity index (χ0n) is 20.2. The van der Waals surface area contributed by atoms with Gasteiger partial charge in [0, 0.05) is 37.6 Å². The monoisotopic (exact) mass is 441 g/mol. The van der Waals surface area contributed by atoms with Crippen molar-refractivity contribution in [1.29, 1.82) is 0 Å². The number of nitrogen functional groups attached to an aromatic ring is 1. The fourth-order valence-corrected chi connectivity index (χ4v) is 3.81. The van der Waals surface area contributed by atoms with Gasteiger partial charge in [-0.2, -0.15) is 0 Å². The first kappa shape index (κ1) is 24.1. The maximum absolute atomic E-state index is 5.96. The van der Waals surface area contributed by atoms with Gasteiger partial charge in [0.1, 0.15) is 0 Å². The Labute approximate surface area is 198 Å². The molecule has 0 radical (unpaired) electrons. The molecule has 0 fully saturated rings. The van der Waals surface area contributed by atoms with Crippen molar-refractivity contribution in [3.8, 4) is 0 Å². The first-order valence-electron chi connectivity index (χ1n) is 11.8. The molecule has 0 aliphatic carbocycles. The number of aromatic nitrogens is 2. The Morgan fingerprint density at radius 1 is 0.606 bits per heavy atom. The minimum atomic E-state index is 0.269. The van der Waals surface area contributed by atoms with Crippen molar-refractivity contribution in [2.45, 2.75) is 27.7 Å². The lowest BCUT2D eigenvalue weighted by molar-refractivity contribution is 0.866. The molecule has 5 nitrogen and oxygen atoms in total. The molecule has 0 unspecified atom stereocenters. The summed E-state index contributed by atoms with van der Waals surface area (Å²) in [5.41, 5.74) is 12.2. The van der Waals surface area contributed by atoms with Crippen LogP contribution in [0.2, 0.25) is 0 Å². The largest absolute Gasteiger partial charge is 0.372 e. The van der Waals surface area contributed by atoms with Gasteiger partial charge in [-0.25, -0.2) is 9.97 Å². The molecule has 2 N–H and O–H groups in total. The highest BCUT2D eigenvalue weighted by molar-refractivity contribution is 5.73. The summed E-state index contributed by atoms with van der Waals surface area (Å²) in [4.78, 5) is 13.4. The van der Waals surface area contributed by atoms with Gasteiger partial charge in [-0.15, -0.1) is 0 Å². The SMILES string of the molecule is CCN(CC)c1ccc(/C=C/c2cc(/C=C/c3ccc(N(CC)CC)cc3)nc(N)n2)cc1. The molecule has 172 valence electrons. The molecule has 0 amide bonds. The molecule has 0 saturated carbocycles. The Morgan fingerprint density at radius 2 is 0.970 bits per heavy atom. The highest BCUT2D eigenvalue weighted by Crippen LogP contribution is 2.18. The molecule has 3 aromatic rings. The van der Waals surface area contributed by atoms with Crippen LogP contribution in [0.3, 0.4) is 0 Å². The van der Waals surface area contributed by atoms with Gasteiger partial charge in [0.15, 0.2) is 0 Å². The maximum Gasteiger partial charge on any atom is 0.221 e. The second kappa shape index (κ2) is 11.9. The number of anilines is 3. The number of nitrogens with zero attached hydrogens (tertiary/aromatic N) is 4. The lowest BCUT2D eigenvalue weighted by Crippen LogP contribution is -2.21. The molecule has 0 spiro atoms. The Morgan fingerprint density at radius 3 is 1.30 bits per heavy atom. The van der Waals surface area contributed by atoms with Crippen molar-refractivity contribution in [3.05, 3.63) is 77.1 Å². The average Bonchev–Trinajstić information content (AvgIpc) is 2.84. The van der Waals surface area contributed by atoms with Crippen molar-refractivity contribution < 1.29 is 0 Å². The first-order chi connectivity index (χ1) is 16.1. The number of rotatable bonds is 10. The average molecular weight is 442 g/mol. The van der Waals surface area contributed by atoms with Crippen LogP contribution in [-0.4, -0.2) is 36.1 Å². The molecule has 1 aromatic heterocycles. The van der Waals surface area contributed by atoms with E-state index in [0.717, 1.165) is 48.7 Å². The van der Waals surface area contributed by atoms with Crippen LogP contribution in [0, 0.1) is 0 Å². The summed E-state index contributed by atoms with van der Waals surface area (Å²) in [5, 5.41) is 0. The predicted molar refractivity (Wildman–Crippen MR) is 144 cm³/mol. The lowest BCUT2D eigenvalue weighted by Gasteiger charge is -2.20. The summed E-state index contributed by atoms with van der Waals surface area (Å²) < 4.78 is 0. The Bertz CT molecular complexity index is 977. The Balaban J connectivity index is 1.71. The number of nitrogens with two attached hydrogens (primary N) is 1.